The molecule has 0 saturated heterocycles. The Hall–Kier alpha value is -0.620. The quantitative estimate of drug-likeness (QED) is 0.414. The van der Waals surface area contributed by atoms with E-state index >= 15 is 0 Å². The van der Waals surface area contributed by atoms with Crippen molar-refractivity contribution in [3.63, 3.8) is 0 Å². The zero-order valence-electron chi connectivity index (χ0n) is 7.24. The van der Waals surface area contributed by atoms with Gasteiger partial charge in [0.25, 0.3) is 0 Å². The highest BCUT2D eigenvalue weighted by Crippen LogP contribution is 2.02. The molecule has 0 spiro atoms. The number of nitrogens with two attached hydrogens (primary N) is 1. The van der Waals surface area contributed by atoms with Crippen molar-refractivity contribution in [3.05, 3.63) is 0 Å². The summed E-state index contributed by atoms with van der Waals surface area (Å²) >= 11 is 5.60. The van der Waals surface area contributed by atoms with Crippen molar-refractivity contribution >= 4 is 40.1 Å². The van der Waals surface area contributed by atoms with Gasteiger partial charge < -0.3 is 10.5 Å². The van der Waals surface area contributed by atoms with Gasteiger partial charge in [-0.3, -0.25) is 9.59 Å². The predicted octanol–water partition coefficient (Wildman–Crippen LogP) is 0.486. The van der Waals surface area contributed by atoms with Crippen LogP contribution in [0.4, 0.5) is 0 Å². The van der Waals surface area contributed by atoms with E-state index in [4.69, 9.17) is 5.73 Å². The fourth-order valence-corrected chi connectivity index (χ4v) is 1.16. The van der Waals surface area contributed by atoms with Crippen LogP contribution in [0.1, 0.15) is 13.3 Å². The van der Waals surface area contributed by atoms with E-state index in [1.807, 2.05) is 0 Å². The Morgan fingerprint density at radius 3 is 2.62 bits per heavy atom. The van der Waals surface area contributed by atoms with Crippen molar-refractivity contribution in [1.29, 1.82) is 0 Å². The highest BCUT2D eigenvalue weighted by molar-refractivity contribution is 8.23. The smallest absolute Gasteiger partial charge is 0.313 e. The van der Waals surface area contributed by atoms with Crippen LogP contribution in [-0.4, -0.2) is 28.4 Å². The Balaban J connectivity index is 3.62. The molecule has 0 aromatic carbocycles. The summed E-state index contributed by atoms with van der Waals surface area (Å²) in [5, 5.41) is 0. The largest absolute Gasteiger partial charge is 0.466 e. The molecule has 2 N–H and O–H groups in total. The van der Waals surface area contributed by atoms with E-state index in [-0.39, 0.29) is 28.9 Å². The Morgan fingerprint density at radius 2 is 2.15 bits per heavy atom. The third-order valence-corrected chi connectivity index (χ3v) is 2.13. The second kappa shape index (κ2) is 6.85. The van der Waals surface area contributed by atoms with Crippen LogP contribution in [0, 0.1) is 0 Å². The van der Waals surface area contributed by atoms with Crippen LogP contribution in [0.5, 0.6) is 0 Å². The molecular weight excluding hydrogens is 210 g/mol. The number of esters is 1. The van der Waals surface area contributed by atoms with Crippen LogP contribution >= 0.6 is 24.0 Å². The average Bonchev–Trinajstić information content (AvgIpc) is 2.01. The summed E-state index contributed by atoms with van der Waals surface area (Å²) < 4.78 is 4.79. The van der Waals surface area contributed by atoms with Gasteiger partial charge >= 0.3 is 5.97 Å². The molecule has 0 aromatic rings. The minimum absolute atomic E-state index is 0.133. The summed E-state index contributed by atoms with van der Waals surface area (Å²) in [6, 6.07) is 0. The van der Waals surface area contributed by atoms with E-state index in [1.165, 1.54) is 0 Å². The molecule has 0 aliphatic rings. The Labute approximate surface area is 86.2 Å². The van der Waals surface area contributed by atoms with Gasteiger partial charge in [-0.05, 0) is 6.92 Å². The molecule has 6 heteroatoms. The van der Waals surface area contributed by atoms with Crippen LogP contribution in [0.25, 0.3) is 0 Å². The van der Waals surface area contributed by atoms with Crippen molar-refractivity contribution < 1.29 is 14.3 Å². The molecule has 0 fully saturated rings. The van der Waals surface area contributed by atoms with Gasteiger partial charge in [0.15, 0.2) is 5.78 Å². The van der Waals surface area contributed by atoms with Crippen molar-refractivity contribution in [2.75, 3.05) is 12.4 Å². The molecular formula is C7H11NO3S2. The lowest BCUT2D eigenvalue weighted by atomic mass is 10.3. The Bertz CT molecular complexity index is 218. The molecule has 0 aliphatic heterocycles. The minimum atomic E-state index is -0.504. The van der Waals surface area contributed by atoms with Gasteiger partial charge in [0.1, 0.15) is 10.7 Å². The molecule has 0 radical (unpaired) electrons. The first-order valence-electron chi connectivity index (χ1n) is 3.65. The maximum Gasteiger partial charge on any atom is 0.313 e. The number of ether oxygens (including phenoxy) is 1. The predicted molar refractivity (Wildman–Crippen MR) is 55.5 cm³/mol. The van der Waals surface area contributed by atoms with Crippen LogP contribution in [-0.2, 0) is 14.3 Å². The summed E-state index contributed by atoms with van der Waals surface area (Å²) in [6.45, 7) is 1.97. The molecule has 74 valence electrons. The monoisotopic (exact) mass is 221 g/mol. The van der Waals surface area contributed by atoms with E-state index in [2.05, 4.69) is 17.0 Å². The molecule has 0 aliphatic carbocycles. The van der Waals surface area contributed by atoms with E-state index in [9.17, 15) is 9.59 Å². The number of rotatable bonds is 5. The number of carbonyl (C=O) groups is 2. The molecule has 0 heterocycles. The highest BCUT2D eigenvalue weighted by atomic mass is 32.2. The fraction of sp³-hybridized carbons (Fsp3) is 0.571. The van der Waals surface area contributed by atoms with E-state index < -0.39 is 5.97 Å². The van der Waals surface area contributed by atoms with Gasteiger partial charge in [0.05, 0.1) is 12.4 Å². The highest BCUT2D eigenvalue weighted by Gasteiger charge is 2.10. The molecule has 0 bridgehead atoms. The number of carbonyl (C=O) groups excluding carboxylic acids is 2. The molecule has 4 nitrogen and oxygen atoms in total. The van der Waals surface area contributed by atoms with Crippen molar-refractivity contribution in [3.8, 4) is 0 Å². The molecule has 0 rings (SSSR count). The number of hydrogen-bond donors (Lipinski definition) is 1. The summed E-state index contributed by atoms with van der Waals surface area (Å²) in [5.41, 5.74) is 5.16. The van der Waals surface area contributed by atoms with Gasteiger partial charge in [0, 0.05) is 0 Å². The topological polar surface area (TPSA) is 69.4 Å². The van der Waals surface area contributed by atoms with Crippen LogP contribution in [0.15, 0.2) is 0 Å². The number of thiocarbonyl (C=S) groups is 1. The fourth-order valence-electron chi connectivity index (χ4n) is 0.576. The summed E-state index contributed by atoms with van der Waals surface area (Å²) in [4.78, 5) is 21.8. The zero-order valence-corrected chi connectivity index (χ0v) is 8.87. The van der Waals surface area contributed by atoms with Gasteiger partial charge in [-0.2, -0.15) is 0 Å². The summed E-state index contributed by atoms with van der Waals surface area (Å²) in [7, 11) is 0. The molecule has 0 amide bonds. The first kappa shape index (κ1) is 12.4. The lowest BCUT2D eigenvalue weighted by Gasteiger charge is -2.00. The Kier molecular flexibility index (Phi) is 6.52. The molecule has 0 aromatic heterocycles. The molecule has 13 heavy (non-hydrogen) atoms. The number of ketones is 1. The number of hydrogen-bond acceptors (Lipinski definition) is 5. The van der Waals surface area contributed by atoms with E-state index in [1.54, 1.807) is 6.92 Å². The van der Waals surface area contributed by atoms with E-state index in [0.717, 1.165) is 11.8 Å². The molecule has 0 atom stereocenters. The van der Waals surface area contributed by atoms with Crippen LogP contribution < -0.4 is 5.73 Å². The number of Topliss-reactive ketones (excluding diaryl/α,β-unsaturated/α-hetero) is 1. The van der Waals surface area contributed by atoms with Gasteiger partial charge in [-0.15, -0.1) is 0 Å². The lowest BCUT2D eigenvalue weighted by molar-refractivity contribution is -0.145. The first-order chi connectivity index (χ1) is 6.06. The normalized spacial score (nSPS) is 9.31. The lowest BCUT2D eigenvalue weighted by Crippen LogP contribution is -2.14. The standard InChI is InChI=1S/C7H11NO3S2/c1-2-11-6(10)3-5(9)4-13-7(8)12/h2-4H2,1H3,(H2,8,12). The third-order valence-electron chi connectivity index (χ3n) is 1.02. The van der Waals surface area contributed by atoms with Gasteiger partial charge in [0.2, 0.25) is 0 Å². The number of thioether (sulfide) groups is 1. The second-order valence-corrected chi connectivity index (χ2v) is 3.84. The Morgan fingerprint density at radius 1 is 1.54 bits per heavy atom. The summed E-state index contributed by atoms with van der Waals surface area (Å²) in [5.74, 6) is -0.596. The van der Waals surface area contributed by atoms with Crippen molar-refractivity contribution in [1.82, 2.24) is 0 Å². The zero-order chi connectivity index (χ0) is 10.3. The van der Waals surface area contributed by atoms with Crippen LogP contribution in [0.3, 0.4) is 0 Å². The minimum Gasteiger partial charge on any atom is -0.466 e. The molecule has 0 saturated carbocycles. The van der Waals surface area contributed by atoms with Gasteiger partial charge in [-0.25, -0.2) is 0 Å². The maximum atomic E-state index is 11.0. The van der Waals surface area contributed by atoms with Gasteiger partial charge in [-0.1, -0.05) is 24.0 Å². The maximum absolute atomic E-state index is 11.0. The van der Waals surface area contributed by atoms with E-state index in [0.29, 0.717) is 0 Å². The third kappa shape index (κ3) is 7.73. The SMILES string of the molecule is CCOC(=O)CC(=O)CSC(N)=S. The first-order valence-corrected chi connectivity index (χ1v) is 5.05. The second-order valence-electron chi connectivity index (χ2n) is 2.13. The van der Waals surface area contributed by atoms with Crippen molar-refractivity contribution in [2.24, 2.45) is 5.73 Å². The van der Waals surface area contributed by atoms with Crippen molar-refractivity contribution in [2.45, 2.75) is 13.3 Å². The molecule has 0 unspecified atom stereocenters. The van der Waals surface area contributed by atoms with Crippen LogP contribution in [0.2, 0.25) is 0 Å². The summed E-state index contributed by atoms with van der Waals surface area (Å²) in [6.07, 6.45) is -0.205. The average molecular weight is 221 g/mol.